The van der Waals surface area contributed by atoms with Crippen LogP contribution in [0.5, 0.6) is 0 Å². The van der Waals surface area contributed by atoms with Crippen molar-refractivity contribution in [3.63, 3.8) is 0 Å². The Morgan fingerprint density at radius 3 is 1.45 bits per heavy atom. The van der Waals surface area contributed by atoms with Crippen LogP contribution >= 0.6 is 0 Å². The first-order valence-electron chi connectivity index (χ1n) is 4.43. The van der Waals surface area contributed by atoms with Gasteiger partial charge in [-0.3, -0.25) is 5.32 Å². The van der Waals surface area contributed by atoms with E-state index >= 15 is 0 Å². The fraction of sp³-hybridized carbons (Fsp3) is 0.500. The second-order valence-electron chi connectivity index (χ2n) is 3.18. The quantitative estimate of drug-likeness (QED) is 0.396. The SMILES string of the molecule is O=C([O-])C[C@H](NC(C(=O)[O-])C(O)C(=O)[O-])C(=O)[O-].[Na+].[Na+].[Na+].[Na+]. The molecule has 14 heteroatoms. The van der Waals surface area contributed by atoms with Crippen molar-refractivity contribution in [2.45, 2.75) is 24.6 Å². The van der Waals surface area contributed by atoms with Gasteiger partial charge in [0.25, 0.3) is 0 Å². The van der Waals surface area contributed by atoms with Crippen molar-refractivity contribution >= 4 is 23.9 Å². The smallest absolute Gasteiger partial charge is 0.550 e. The van der Waals surface area contributed by atoms with E-state index in [1.807, 2.05) is 0 Å². The van der Waals surface area contributed by atoms with Crippen molar-refractivity contribution in [2.24, 2.45) is 0 Å². The average Bonchev–Trinajstić information content (AvgIpc) is 2.21. The van der Waals surface area contributed by atoms with Gasteiger partial charge in [0.2, 0.25) is 0 Å². The molecule has 0 spiro atoms. The molecule has 0 rings (SSSR count). The molecule has 0 bridgehead atoms. The standard InChI is InChI=1S/C8H11NO9.4Na/c10-3(11)1-2(6(13)14)9-4(7(15)16)5(12)8(17)18;;;;/h2,4-5,9,12H,1H2,(H,10,11)(H,13,14)(H,15,16)(H,17,18);;;;/q;4*+1/p-4/t2-,4?,5?;;;;/m0..../s1. The monoisotopic (exact) mass is 353 g/mol. The first-order chi connectivity index (χ1) is 8.16. The molecule has 0 heterocycles. The molecule has 10 nitrogen and oxygen atoms in total. The molecule has 2 N–H and O–H groups in total. The summed E-state index contributed by atoms with van der Waals surface area (Å²) in [6, 6.07) is -4.45. The van der Waals surface area contributed by atoms with Gasteiger partial charge in [0, 0.05) is 12.4 Å². The number of nitrogens with one attached hydrogen (secondary N) is 1. The van der Waals surface area contributed by atoms with Gasteiger partial charge >= 0.3 is 118 Å². The van der Waals surface area contributed by atoms with Crippen molar-refractivity contribution in [1.29, 1.82) is 0 Å². The average molecular weight is 353 g/mol. The molecule has 22 heavy (non-hydrogen) atoms. The van der Waals surface area contributed by atoms with Gasteiger partial charge in [0.05, 0.1) is 30.0 Å². The van der Waals surface area contributed by atoms with Crippen LogP contribution in [-0.4, -0.2) is 47.2 Å². The molecule has 0 saturated heterocycles. The van der Waals surface area contributed by atoms with E-state index in [1.165, 1.54) is 0 Å². The van der Waals surface area contributed by atoms with Crippen LogP contribution in [-0.2, 0) is 19.2 Å². The Bertz CT molecular complexity index is 381. The molecule has 0 aromatic carbocycles. The summed E-state index contributed by atoms with van der Waals surface area (Å²) in [5, 5.41) is 51.8. The summed E-state index contributed by atoms with van der Waals surface area (Å²) in [5.74, 6) is -8.23. The maximum absolute atomic E-state index is 10.5. The molecule has 0 fully saturated rings. The minimum Gasteiger partial charge on any atom is -0.550 e. The molecule has 0 amide bonds. The molecule has 3 atom stereocenters. The first kappa shape index (κ1) is 35.0. The molecule has 0 aliphatic carbocycles. The third-order valence-corrected chi connectivity index (χ3v) is 1.85. The summed E-state index contributed by atoms with van der Waals surface area (Å²) < 4.78 is 0. The van der Waals surface area contributed by atoms with Gasteiger partial charge < -0.3 is 44.7 Å². The minimum atomic E-state index is -2.63. The maximum Gasteiger partial charge on any atom is 1.00 e. The summed E-state index contributed by atoms with van der Waals surface area (Å²) in [6.07, 6.45) is -3.81. The predicted molar refractivity (Wildman–Crippen MR) is 41.4 cm³/mol. The van der Waals surface area contributed by atoms with Crippen LogP contribution in [0.2, 0.25) is 0 Å². The normalized spacial score (nSPS) is 12.6. The number of carbonyl (C=O) groups excluding carboxylic acids is 4. The molecule has 102 valence electrons. The van der Waals surface area contributed by atoms with E-state index in [4.69, 9.17) is 5.11 Å². The van der Waals surface area contributed by atoms with Gasteiger partial charge in [0.1, 0.15) is 6.10 Å². The zero-order valence-corrected chi connectivity index (χ0v) is 20.7. The van der Waals surface area contributed by atoms with E-state index in [1.54, 1.807) is 5.32 Å². The number of carboxylic acids is 4. The Kier molecular flexibility index (Phi) is 28.0. The van der Waals surface area contributed by atoms with Crippen LogP contribution in [0.15, 0.2) is 0 Å². The van der Waals surface area contributed by atoms with Crippen molar-refractivity contribution in [2.75, 3.05) is 0 Å². The molecule has 0 aromatic heterocycles. The maximum atomic E-state index is 10.5. The van der Waals surface area contributed by atoms with Crippen LogP contribution < -0.4 is 144 Å². The van der Waals surface area contributed by atoms with E-state index in [9.17, 15) is 39.6 Å². The number of aliphatic hydroxyl groups is 1. The van der Waals surface area contributed by atoms with Crippen molar-refractivity contribution in [3.8, 4) is 0 Å². The minimum absolute atomic E-state index is 0. The Morgan fingerprint density at radius 2 is 1.23 bits per heavy atom. The molecule has 0 aliphatic rings. The van der Waals surface area contributed by atoms with Gasteiger partial charge in [-0.25, -0.2) is 0 Å². The molecule has 2 unspecified atom stereocenters. The fourth-order valence-corrected chi connectivity index (χ4v) is 1.02. The van der Waals surface area contributed by atoms with E-state index in [2.05, 4.69) is 0 Å². The number of hydrogen-bond acceptors (Lipinski definition) is 10. The van der Waals surface area contributed by atoms with Gasteiger partial charge in [0.15, 0.2) is 0 Å². The number of rotatable bonds is 8. The second-order valence-corrected chi connectivity index (χ2v) is 3.18. The molecule has 0 aromatic rings. The zero-order valence-electron chi connectivity index (χ0n) is 12.7. The molecule has 0 radical (unpaired) electrons. The molecule has 0 saturated carbocycles. The van der Waals surface area contributed by atoms with Crippen LogP contribution in [0.25, 0.3) is 0 Å². The van der Waals surface area contributed by atoms with Crippen molar-refractivity contribution in [1.82, 2.24) is 5.32 Å². The third kappa shape index (κ3) is 14.2. The van der Waals surface area contributed by atoms with Crippen molar-refractivity contribution < 1.29 is 163 Å². The Labute approximate surface area is 213 Å². The molecular weight excluding hydrogens is 346 g/mol. The molecular formula is C8H7NNa4O9. The topological polar surface area (TPSA) is 193 Å². The summed E-state index contributed by atoms with van der Waals surface area (Å²) in [6.45, 7) is 0. The largest absolute Gasteiger partial charge is 1.00 e. The van der Waals surface area contributed by atoms with E-state index in [0.29, 0.717) is 0 Å². The fourth-order valence-electron chi connectivity index (χ4n) is 1.02. The summed E-state index contributed by atoms with van der Waals surface area (Å²) in [7, 11) is 0. The van der Waals surface area contributed by atoms with Gasteiger partial charge in [-0.15, -0.1) is 0 Å². The summed E-state index contributed by atoms with van der Waals surface area (Å²) in [4.78, 5) is 41.4. The van der Waals surface area contributed by atoms with E-state index < -0.39 is 48.5 Å². The van der Waals surface area contributed by atoms with Crippen LogP contribution in [0, 0.1) is 0 Å². The van der Waals surface area contributed by atoms with E-state index in [0.717, 1.165) is 0 Å². The Balaban J connectivity index is -0.000000241. The Hall–Kier alpha value is 1.80. The number of hydrogen-bond donors (Lipinski definition) is 2. The third-order valence-electron chi connectivity index (χ3n) is 1.85. The summed E-state index contributed by atoms with van der Waals surface area (Å²) >= 11 is 0. The second kappa shape index (κ2) is 17.6. The van der Waals surface area contributed by atoms with Crippen LogP contribution in [0.3, 0.4) is 0 Å². The first-order valence-corrected chi connectivity index (χ1v) is 4.43. The number of carboxylic acid groups (broad SMARTS) is 4. The number of aliphatic carboxylic acids is 4. The Morgan fingerprint density at radius 1 is 0.818 bits per heavy atom. The van der Waals surface area contributed by atoms with Gasteiger partial charge in [-0.05, 0) is 0 Å². The van der Waals surface area contributed by atoms with Crippen molar-refractivity contribution in [3.05, 3.63) is 0 Å². The van der Waals surface area contributed by atoms with Crippen LogP contribution in [0.4, 0.5) is 0 Å². The predicted octanol–water partition coefficient (Wildman–Crippen LogP) is -19.9. The number of aliphatic hydroxyl groups excluding tert-OH is 1. The van der Waals surface area contributed by atoms with Gasteiger partial charge in [-0.2, -0.15) is 0 Å². The van der Waals surface area contributed by atoms with E-state index in [-0.39, 0.29) is 118 Å². The van der Waals surface area contributed by atoms with Gasteiger partial charge in [-0.1, -0.05) is 0 Å². The number of carbonyl (C=O) groups is 4. The van der Waals surface area contributed by atoms with Crippen LogP contribution in [0.1, 0.15) is 6.42 Å². The molecule has 0 aliphatic heterocycles. The zero-order chi connectivity index (χ0) is 14.5. The summed E-state index contributed by atoms with van der Waals surface area (Å²) in [5.41, 5.74) is 0.